The predicted molar refractivity (Wildman–Crippen MR) is 83.0 cm³/mol. The maximum Gasteiger partial charge on any atom is 0.0814 e. The first kappa shape index (κ1) is 16.3. The first-order valence-electron chi connectivity index (χ1n) is 8.46. The molecule has 2 rings (SSSR count). The van der Waals surface area contributed by atoms with Crippen molar-refractivity contribution in [3.05, 3.63) is 0 Å². The van der Waals surface area contributed by atoms with E-state index in [-0.39, 0.29) is 5.54 Å². The van der Waals surface area contributed by atoms with Crippen LogP contribution >= 0.6 is 0 Å². The van der Waals surface area contributed by atoms with Crippen LogP contribution in [0.2, 0.25) is 0 Å². The molecule has 1 heterocycles. The van der Waals surface area contributed by atoms with Crippen molar-refractivity contribution >= 4 is 0 Å². The second-order valence-electron chi connectivity index (χ2n) is 7.72. The van der Waals surface area contributed by atoms with Crippen molar-refractivity contribution < 1.29 is 9.47 Å². The Labute approximate surface area is 124 Å². The van der Waals surface area contributed by atoms with Gasteiger partial charge >= 0.3 is 0 Å². The molecule has 4 atom stereocenters. The third kappa shape index (κ3) is 5.34. The summed E-state index contributed by atoms with van der Waals surface area (Å²) in [7, 11) is 0. The zero-order chi connectivity index (χ0) is 14.6. The maximum absolute atomic E-state index is 6.13. The molecule has 0 aromatic carbocycles. The Bertz CT molecular complexity index is 287. The van der Waals surface area contributed by atoms with Crippen LogP contribution in [-0.2, 0) is 9.47 Å². The molecule has 1 saturated carbocycles. The third-order valence-corrected chi connectivity index (χ3v) is 4.58. The topological polar surface area (TPSA) is 30.5 Å². The first-order valence-corrected chi connectivity index (χ1v) is 8.46. The number of ether oxygens (including phenoxy) is 2. The van der Waals surface area contributed by atoms with Gasteiger partial charge in [-0.05, 0) is 52.4 Å². The van der Waals surface area contributed by atoms with Gasteiger partial charge in [0.15, 0.2) is 0 Å². The minimum atomic E-state index is 0.176. The van der Waals surface area contributed by atoms with Crippen LogP contribution in [0.1, 0.15) is 66.2 Å². The number of rotatable bonds is 5. The summed E-state index contributed by atoms with van der Waals surface area (Å²) in [4.78, 5) is 0. The SMILES string of the molecule is CC1CCCCC1OCC1CCC(CNC(C)(C)C)O1. The van der Waals surface area contributed by atoms with E-state index in [9.17, 15) is 0 Å². The standard InChI is InChI=1S/C17H33NO2/c1-13-7-5-6-8-16(13)19-12-15-10-9-14(20-15)11-18-17(2,3)4/h13-16,18H,5-12H2,1-4H3. The molecule has 1 aliphatic carbocycles. The van der Waals surface area contributed by atoms with Gasteiger partial charge in [-0.3, -0.25) is 0 Å². The largest absolute Gasteiger partial charge is 0.375 e. The smallest absolute Gasteiger partial charge is 0.0814 e. The van der Waals surface area contributed by atoms with Gasteiger partial charge in [0.2, 0.25) is 0 Å². The molecule has 3 nitrogen and oxygen atoms in total. The highest BCUT2D eigenvalue weighted by Crippen LogP contribution is 2.28. The summed E-state index contributed by atoms with van der Waals surface area (Å²) in [5.41, 5.74) is 0.176. The molecule has 2 fully saturated rings. The lowest BCUT2D eigenvalue weighted by atomic mass is 9.88. The molecule has 0 radical (unpaired) electrons. The van der Waals surface area contributed by atoms with E-state index in [0.29, 0.717) is 18.3 Å². The van der Waals surface area contributed by atoms with E-state index in [2.05, 4.69) is 33.0 Å². The molecule has 1 saturated heterocycles. The zero-order valence-corrected chi connectivity index (χ0v) is 13.8. The summed E-state index contributed by atoms with van der Waals surface area (Å²) in [5.74, 6) is 0.725. The van der Waals surface area contributed by atoms with Crippen LogP contribution in [0, 0.1) is 5.92 Å². The quantitative estimate of drug-likeness (QED) is 0.837. The molecule has 118 valence electrons. The van der Waals surface area contributed by atoms with Crippen molar-refractivity contribution in [2.45, 2.75) is 90.1 Å². The van der Waals surface area contributed by atoms with Gasteiger partial charge in [-0.2, -0.15) is 0 Å². The summed E-state index contributed by atoms with van der Waals surface area (Å²) < 4.78 is 12.2. The average Bonchev–Trinajstić information content (AvgIpc) is 2.83. The van der Waals surface area contributed by atoms with Crippen LogP contribution in [-0.4, -0.2) is 37.0 Å². The maximum atomic E-state index is 6.13. The van der Waals surface area contributed by atoms with Crippen molar-refractivity contribution in [3.63, 3.8) is 0 Å². The second kappa shape index (κ2) is 7.24. The summed E-state index contributed by atoms with van der Waals surface area (Å²) in [6, 6.07) is 0. The summed E-state index contributed by atoms with van der Waals surface area (Å²) in [5, 5.41) is 3.53. The lowest BCUT2D eigenvalue weighted by Crippen LogP contribution is -2.41. The van der Waals surface area contributed by atoms with E-state index in [4.69, 9.17) is 9.47 Å². The van der Waals surface area contributed by atoms with Gasteiger partial charge in [0, 0.05) is 12.1 Å². The highest BCUT2D eigenvalue weighted by atomic mass is 16.5. The minimum absolute atomic E-state index is 0.176. The minimum Gasteiger partial charge on any atom is -0.375 e. The van der Waals surface area contributed by atoms with Gasteiger partial charge < -0.3 is 14.8 Å². The Hall–Kier alpha value is -0.120. The van der Waals surface area contributed by atoms with Crippen molar-refractivity contribution in [1.29, 1.82) is 0 Å². The lowest BCUT2D eigenvalue weighted by molar-refractivity contribution is -0.0658. The number of hydrogen-bond acceptors (Lipinski definition) is 3. The fourth-order valence-electron chi connectivity index (χ4n) is 3.23. The molecule has 0 aromatic rings. The van der Waals surface area contributed by atoms with Crippen molar-refractivity contribution in [3.8, 4) is 0 Å². The molecule has 1 aliphatic heterocycles. The van der Waals surface area contributed by atoms with Gasteiger partial charge in [-0.15, -0.1) is 0 Å². The average molecular weight is 283 g/mol. The fraction of sp³-hybridized carbons (Fsp3) is 1.00. The van der Waals surface area contributed by atoms with Crippen LogP contribution in [0.4, 0.5) is 0 Å². The molecule has 0 amide bonds. The summed E-state index contributed by atoms with van der Waals surface area (Å²) >= 11 is 0. The molecule has 0 bridgehead atoms. The van der Waals surface area contributed by atoms with E-state index in [1.165, 1.54) is 25.7 Å². The van der Waals surface area contributed by atoms with E-state index >= 15 is 0 Å². The van der Waals surface area contributed by atoms with Crippen molar-refractivity contribution in [2.24, 2.45) is 5.92 Å². The van der Waals surface area contributed by atoms with Crippen LogP contribution in [0.5, 0.6) is 0 Å². The zero-order valence-electron chi connectivity index (χ0n) is 13.8. The van der Waals surface area contributed by atoms with Crippen molar-refractivity contribution in [1.82, 2.24) is 5.32 Å². The van der Waals surface area contributed by atoms with Crippen LogP contribution in [0.15, 0.2) is 0 Å². The Balaban J connectivity index is 1.63. The van der Waals surface area contributed by atoms with Gasteiger partial charge in [0.25, 0.3) is 0 Å². The molecule has 4 unspecified atom stereocenters. The molecule has 0 spiro atoms. The van der Waals surface area contributed by atoms with Gasteiger partial charge in [-0.25, -0.2) is 0 Å². The second-order valence-corrected chi connectivity index (χ2v) is 7.72. The highest BCUT2D eigenvalue weighted by Gasteiger charge is 2.28. The molecule has 3 heteroatoms. The van der Waals surface area contributed by atoms with E-state index in [1.54, 1.807) is 0 Å². The predicted octanol–water partition coefficient (Wildman–Crippen LogP) is 3.52. The normalized spacial score (nSPS) is 35.4. The number of nitrogens with one attached hydrogen (secondary N) is 1. The lowest BCUT2D eigenvalue weighted by Gasteiger charge is -2.29. The molecule has 1 N–H and O–H groups in total. The highest BCUT2D eigenvalue weighted by molar-refractivity contribution is 4.80. The third-order valence-electron chi connectivity index (χ3n) is 4.58. The summed E-state index contributed by atoms with van der Waals surface area (Å²) in [6.45, 7) is 10.7. The fourth-order valence-corrected chi connectivity index (χ4v) is 3.23. The van der Waals surface area contributed by atoms with E-state index in [1.807, 2.05) is 0 Å². The number of hydrogen-bond donors (Lipinski definition) is 1. The first-order chi connectivity index (χ1) is 9.44. The Morgan fingerprint density at radius 2 is 1.75 bits per heavy atom. The molecule has 0 aromatic heterocycles. The van der Waals surface area contributed by atoms with Gasteiger partial charge in [0.05, 0.1) is 24.9 Å². The Morgan fingerprint density at radius 3 is 2.45 bits per heavy atom. The van der Waals surface area contributed by atoms with Gasteiger partial charge in [-0.1, -0.05) is 19.8 Å². The molecule has 20 heavy (non-hydrogen) atoms. The monoisotopic (exact) mass is 283 g/mol. The Morgan fingerprint density at radius 1 is 1.05 bits per heavy atom. The van der Waals surface area contributed by atoms with Gasteiger partial charge in [0.1, 0.15) is 0 Å². The Kier molecular flexibility index (Phi) is 5.88. The van der Waals surface area contributed by atoms with Crippen LogP contribution < -0.4 is 5.32 Å². The summed E-state index contributed by atoms with van der Waals surface area (Å²) in [6.07, 6.45) is 8.74. The van der Waals surface area contributed by atoms with Crippen molar-refractivity contribution in [2.75, 3.05) is 13.2 Å². The van der Waals surface area contributed by atoms with E-state index < -0.39 is 0 Å². The van der Waals surface area contributed by atoms with E-state index in [0.717, 1.165) is 31.9 Å². The molecular formula is C17H33NO2. The molecule has 2 aliphatic rings. The molecular weight excluding hydrogens is 250 g/mol. The van der Waals surface area contributed by atoms with Crippen LogP contribution in [0.25, 0.3) is 0 Å². The van der Waals surface area contributed by atoms with Crippen LogP contribution in [0.3, 0.4) is 0 Å².